The van der Waals surface area contributed by atoms with Crippen LogP contribution in [0.2, 0.25) is 0 Å². The maximum absolute atomic E-state index is 12.3. The number of benzene rings is 1. The van der Waals surface area contributed by atoms with E-state index in [4.69, 9.17) is 0 Å². The number of nitrogens with one attached hydrogen (secondary N) is 2. The minimum absolute atomic E-state index is 0.0334. The van der Waals surface area contributed by atoms with Crippen molar-refractivity contribution in [1.29, 1.82) is 0 Å². The number of aryl methyl sites for hydroxylation is 2. The number of nitrogens with zero attached hydrogens (tertiary/aromatic N) is 2. The highest BCUT2D eigenvalue weighted by molar-refractivity contribution is 5.95. The minimum atomic E-state index is -0.247. The van der Waals surface area contributed by atoms with E-state index in [2.05, 4.69) is 10.6 Å². The topological polar surface area (TPSA) is 81.8 Å². The van der Waals surface area contributed by atoms with Crippen molar-refractivity contribution >= 4 is 23.4 Å². The standard InChI is InChI=1S/C19H28N4O3/c1-13-5-6-14(2)16(9-13)21-18(25)11-23(4)19(26)12-22(3)10-17(24)20-15-7-8-15/h5-6,9,15H,7-8,10-12H2,1-4H3,(H,20,24)(H,21,25). The molecule has 2 N–H and O–H groups in total. The number of rotatable bonds is 8. The molecular weight excluding hydrogens is 332 g/mol. The summed E-state index contributed by atoms with van der Waals surface area (Å²) in [6.45, 7) is 4.11. The first-order valence-electron chi connectivity index (χ1n) is 8.83. The lowest BCUT2D eigenvalue weighted by atomic mass is 10.1. The van der Waals surface area contributed by atoms with Gasteiger partial charge in [-0.3, -0.25) is 19.3 Å². The van der Waals surface area contributed by atoms with Crippen LogP contribution in [0.5, 0.6) is 0 Å². The molecule has 1 aromatic carbocycles. The monoisotopic (exact) mass is 360 g/mol. The predicted octanol–water partition coefficient (Wildman–Crippen LogP) is 0.911. The lowest BCUT2D eigenvalue weighted by Crippen LogP contribution is -2.43. The fourth-order valence-corrected chi connectivity index (χ4v) is 2.52. The third-order valence-electron chi connectivity index (χ3n) is 4.23. The quantitative estimate of drug-likeness (QED) is 0.722. The van der Waals surface area contributed by atoms with Crippen molar-refractivity contribution in [2.45, 2.75) is 32.7 Å². The van der Waals surface area contributed by atoms with Crippen LogP contribution in [0.4, 0.5) is 5.69 Å². The Morgan fingerprint density at radius 3 is 2.38 bits per heavy atom. The van der Waals surface area contributed by atoms with E-state index in [1.165, 1.54) is 4.90 Å². The van der Waals surface area contributed by atoms with Gasteiger partial charge in [-0.05, 0) is 50.9 Å². The first-order valence-corrected chi connectivity index (χ1v) is 8.83. The van der Waals surface area contributed by atoms with Gasteiger partial charge in [-0.1, -0.05) is 12.1 Å². The zero-order valence-corrected chi connectivity index (χ0v) is 16.0. The Labute approximate surface area is 154 Å². The van der Waals surface area contributed by atoms with Crippen LogP contribution < -0.4 is 10.6 Å². The molecule has 0 aliphatic heterocycles. The molecule has 0 radical (unpaired) electrons. The van der Waals surface area contributed by atoms with Crippen molar-refractivity contribution in [3.05, 3.63) is 29.3 Å². The molecule has 0 spiro atoms. The Bertz CT molecular complexity index is 685. The molecule has 26 heavy (non-hydrogen) atoms. The van der Waals surface area contributed by atoms with Crippen molar-refractivity contribution in [2.24, 2.45) is 0 Å². The normalized spacial score (nSPS) is 13.4. The van der Waals surface area contributed by atoms with Crippen LogP contribution in [0.15, 0.2) is 18.2 Å². The van der Waals surface area contributed by atoms with Gasteiger partial charge in [-0.15, -0.1) is 0 Å². The molecule has 142 valence electrons. The lowest BCUT2D eigenvalue weighted by Gasteiger charge is -2.21. The number of hydrogen-bond donors (Lipinski definition) is 2. The first kappa shape index (κ1) is 19.9. The summed E-state index contributed by atoms with van der Waals surface area (Å²) in [5.74, 6) is -0.523. The fraction of sp³-hybridized carbons (Fsp3) is 0.526. The molecule has 0 heterocycles. The Morgan fingerprint density at radius 1 is 1.04 bits per heavy atom. The number of carbonyl (C=O) groups excluding carboxylic acids is 3. The fourth-order valence-electron chi connectivity index (χ4n) is 2.52. The summed E-state index contributed by atoms with van der Waals surface area (Å²) in [6, 6.07) is 6.14. The zero-order valence-electron chi connectivity index (χ0n) is 16.0. The SMILES string of the molecule is Cc1ccc(C)c(NC(=O)CN(C)C(=O)CN(C)CC(=O)NC2CC2)c1. The van der Waals surface area contributed by atoms with Crippen molar-refractivity contribution in [3.63, 3.8) is 0 Å². The van der Waals surface area contributed by atoms with Gasteiger partial charge >= 0.3 is 0 Å². The van der Waals surface area contributed by atoms with E-state index in [-0.39, 0.29) is 37.4 Å². The Morgan fingerprint density at radius 2 is 1.73 bits per heavy atom. The Balaban J connectivity index is 1.77. The van der Waals surface area contributed by atoms with Gasteiger partial charge in [0.15, 0.2) is 0 Å². The number of anilines is 1. The zero-order chi connectivity index (χ0) is 19.3. The molecule has 1 aromatic rings. The van der Waals surface area contributed by atoms with Gasteiger partial charge in [0.25, 0.3) is 0 Å². The van der Waals surface area contributed by atoms with Gasteiger partial charge in [0.05, 0.1) is 19.6 Å². The summed E-state index contributed by atoms with van der Waals surface area (Å²) >= 11 is 0. The van der Waals surface area contributed by atoms with E-state index < -0.39 is 0 Å². The molecule has 3 amide bonds. The number of amides is 3. The van der Waals surface area contributed by atoms with Crippen LogP contribution in [-0.4, -0.2) is 67.3 Å². The third kappa shape index (κ3) is 6.48. The highest BCUT2D eigenvalue weighted by atomic mass is 16.2. The van der Waals surface area contributed by atoms with Crippen molar-refractivity contribution in [2.75, 3.05) is 39.0 Å². The molecule has 7 nitrogen and oxygen atoms in total. The molecule has 0 bridgehead atoms. The molecule has 0 aromatic heterocycles. The van der Waals surface area contributed by atoms with Crippen LogP contribution >= 0.6 is 0 Å². The van der Waals surface area contributed by atoms with Gasteiger partial charge < -0.3 is 15.5 Å². The van der Waals surface area contributed by atoms with Crippen LogP contribution in [0, 0.1) is 13.8 Å². The molecule has 1 aliphatic carbocycles. The second-order valence-electron chi connectivity index (χ2n) is 7.13. The van der Waals surface area contributed by atoms with Crippen molar-refractivity contribution < 1.29 is 14.4 Å². The number of carbonyl (C=O) groups is 3. The summed E-state index contributed by atoms with van der Waals surface area (Å²) < 4.78 is 0. The molecule has 1 aliphatic rings. The molecule has 0 unspecified atom stereocenters. The van der Waals surface area contributed by atoms with Crippen LogP contribution in [0.1, 0.15) is 24.0 Å². The second-order valence-corrected chi connectivity index (χ2v) is 7.13. The van der Waals surface area contributed by atoms with E-state index >= 15 is 0 Å². The molecule has 0 saturated heterocycles. The molecule has 7 heteroatoms. The summed E-state index contributed by atoms with van der Waals surface area (Å²) in [7, 11) is 3.30. The van der Waals surface area contributed by atoms with E-state index in [0.717, 1.165) is 29.7 Å². The largest absolute Gasteiger partial charge is 0.352 e. The average Bonchev–Trinajstić information content (AvgIpc) is 3.34. The van der Waals surface area contributed by atoms with Gasteiger partial charge in [-0.25, -0.2) is 0 Å². The lowest BCUT2D eigenvalue weighted by molar-refractivity contribution is -0.134. The molecule has 1 fully saturated rings. The summed E-state index contributed by atoms with van der Waals surface area (Å²) in [5.41, 5.74) is 2.78. The number of likely N-dealkylation sites (N-methyl/N-ethyl adjacent to an activating group) is 2. The predicted molar refractivity (Wildman–Crippen MR) is 101 cm³/mol. The minimum Gasteiger partial charge on any atom is -0.352 e. The first-order chi connectivity index (χ1) is 12.2. The van der Waals surface area contributed by atoms with Crippen molar-refractivity contribution in [1.82, 2.24) is 15.1 Å². The Hall–Kier alpha value is -2.41. The maximum atomic E-state index is 12.3. The smallest absolute Gasteiger partial charge is 0.243 e. The average molecular weight is 360 g/mol. The van der Waals surface area contributed by atoms with E-state index in [1.807, 2.05) is 32.0 Å². The molecule has 1 saturated carbocycles. The van der Waals surface area contributed by atoms with Crippen LogP contribution in [-0.2, 0) is 14.4 Å². The summed E-state index contributed by atoms with van der Waals surface area (Å²) in [5, 5.41) is 5.73. The molecular formula is C19H28N4O3. The van der Waals surface area contributed by atoms with E-state index in [0.29, 0.717) is 6.04 Å². The summed E-state index contributed by atoms with van der Waals surface area (Å²) in [6.07, 6.45) is 2.07. The van der Waals surface area contributed by atoms with Gasteiger partial charge in [-0.2, -0.15) is 0 Å². The van der Waals surface area contributed by atoms with Gasteiger partial charge in [0, 0.05) is 18.8 Å². The van der Waals surface area contributed by atoms with Gasteiger partial charge in [0.2, 0.25) is 17.7 Å². The summed E-state index contributed by atoms with van der Waals surface area (Å²) in [4.78, 5) is 39.2. The second kappa shape index (κ2) is 8.80. The highest BCUT2D eigenvalue weighted by Crippen LogP contribution is 2.18. The third-order valence-corrected chi connectivity index (χ3v) is 4.23. The van der Waals surface area contributed by atoms with E-state index in [1.54, 1.807) is 19.0 Å². The maximum Gasteiger partial charge on any atom is 0.243 e. The highest BCUT2D eigenvalue weighted by Gasteiger charge is 2.24. The van der Waals surface area contributed by atoms with E-state index in [9.17, 15) is 14.4 Å². The number of hydrogen-bond acceptors (Lipinski definition) is 4. The van der Waals surface area contributed by atoms with Gasteiger partial charge in [0.1, 0.15) is 0 Å². The van der Waals surface area contributed by atoms with Crippen molar-refractivity contribution in [3.8, 4) is 0 Å². The van der Waals surface area contributed by atoms with Crippen LogP contribution in [0.3, 0.4) is 0 Å². The van der Waals surface area contributed by atoms with Crippen LogP contribution in [0.25, 0.3) is 0 Å². The molecule has 2 rings (SSSR count). The Kier molecular flexibility index (Phi) is 6.74. The molecule has 0 atom stereocenters.